The maximum absolute atomic E-state index is 12.5. The first-order valence-corrected chi connectivity index (χ1v) is 10.3. The second-order valence-corrected chi connectivity index (χ2v) is 7.45. The monoisotopic (exact) mass is 388 g/mol. The van der Waals surface area contributed by atoms with Crippen molar-refractivity contribution >= 4 is 11.8 Å². The lowest BCUT2D eigenvalue weighted by Crippen LogP contribution is -2.50. The average molecular weight is 389 g/mol. The molecule has 0 atom stereocenters. The van der Waals surface area contributed by atoms with Crippen molar-refractivity contribution in [3.8, 4) is 5.75 Å². The third-order valence-corrected chi connectivity index (χ3v) is 5.43. The van der Waals surface area contributed by atoms with Gasteiger partial charge in [-0.3, -0.25) is 19.4 Å². The van der Waals surface area contributed by atoms with E-state index in [0.717, 1.165) is 51.5 Å². The van der Waals surface area contributed by atoms with Gasteiger partial charge >= 0.3 is 0 Å². The van der Waals surface area contributed by atoms with E-state index >= 15 is 0 Å². The smallest absolute Gasteiger partial charge is 0.239 e. The van der Waals surface area contributed by atoms with Crippen molar-refractivity contribution in [3.05, 3.63) is 29.3 Å². The fourth-order valence-corrected chi connectivity index (χ4v) is 3.80. The van der Waals surface area contributed by atoms with E-state index in [0.29, 0.717) is 19.6 Å². The highest BCUT2D eigenvalue weighted by Gasteiger charge is 2.22. The predicted molar refractivity (Wildman–Crippen MR) is 108 cm³/mol. The summed E-state index contributed by atoms with van der Waals surface area (Å²) < 4.78 is 5.58. The van der Waals surface area contributed by atoms with E-state index in [2.05, 4.69) is 33.3 Å². The number of carbonyl (C=O) groups excluding carboxylic acids is 2. The molecule has 0 unspecified atom stereocenters. The number of piperazine rings is 1. The Morgan fingerprint density at radius 1 is 1.14 bits per heavy atom. The average Bonchev–Trinajstić information content (AvgIpc) is 3.15. The summed E-state index contributed by atoms with van der Waals surface area (Å²) in [5.74, 6) is 0.961. The van der Waals surface area contributed by atoms with Crippen molar-refractivity contribution in [3.63, 3.8) is 0 Å². The minimum atomic E-state index is -0.0951. The number of amides is 2. The van der Waals surface area contributed by atoms with E-state index < -0.39 is 0 Å². The van der Waals surface area contributed by atoms with Crippen LogP contribution in [0, 0.1) is 0 Å². The van der Waals surface area contributed by atoms with E-state index in [1.807, 2.05) is 13.8 Å². The number of likely N-dealkylation sites (N-methyl/N-ethyl adjacent to an activating group) is 2. The molecule has 1 saturated heterocycles. The summed E-state index contributed by atoms with van der Waals surface area (Å²) in [6.07, 6.45) is 1.00. The Morgan fingerprint density at radius 3 is 2.61 bits per heavy atom. The molecule has 2 aliphatic heterocycles. The number of carbonyl (C=O) groups is 2. The summed E-state index contributed by atoms with van der Waals surface area (Å²) in [7, 11) is 0. The molecule has 2 amide bonds. The first kappa shape index (κ1) is 20.6. The minimum absolute atomic E-state index is 0.0285. The number of nitrogens with zero attached hydrogens (tertiary/aromatic N) is 3. The molecule has 0 spiro atoms. The summed E-state index contributed by atoms with van der Waals surface area (Å²) in [5.41, 5.74) is 2.64. The molecule has 0 saturated carbocycles. The number of fused-ring (bicyclic) bond motifs is 1. The Balaban J connectivity index is 1.43. The van der Waals surface area contributed by atoms with Crippen LogP contribution < -0.4 is 10.1 Å². The van der Waals surface area contributed by atoms with Gasteiger partial charge in [0.25, 0.3) is 0 Å². The van der Waals surface area contributed by atoms with Gasteiger partial charge in [0.1, 0.15) is 5.75 Å². The quantitative estimate of drug-likeness (QED) is 0.711. The first-order chi connectivity index (χ1) is 13.6. The molecule has 2 heterocycles. The topological polar surface area (TPSA) is 65.1 Å². The maximum Gasteiger partial charge on any atom is 0.239 e. The molecule has 1 aromatic rings. The van der Waals surface area contributed by atoms with E-state index in [-0.39, 0.29) is 18.4 Å². The van der Waals surface area contributed by atoms with Gasteiger partial charge in [-0.25, -0.2) is 0 Å². The summed E-state index contributed by atoms with van der Waals surface area (Å²) in [6, 6.07) is 6.50. The molecule has 1 aromatic carbocycles. The van der Waals surface area contributed by atoms with Gasteiger partial charge in [-0.2, -0.15) is 0 Å². The number of ether oxygens (including phenoxy) is 1. The molecule has 154 valence electrons. The molecule has 0 radical (unpaired) electrons. The van der Waals surface area contributed by atoms with Crippen LogP contribution in [0.1, 0.15) is 25.0 Å². The van der Waals surface area contributed by atoms with Crippen LogP contribution in [0.25, 0.3) is 0 Å². The molecule has 1 N–H and O–H groups in total. The zero-order valence-corrected chi connectivity index (χ0v) is 17.1. The van der Waals surface area contributed by atoms with Gasteiger partial charge in [-0.05, 0) is 31.0 Å². The molecule has 1 fully saturated rings. The molecule has 0 aliphatic carbocycles. The first-order valence-electron chi connectivity index (χ1n) is 10.3. The summed E-state index contributed by atoms with van der Waals surface area (Å²) in [4.78, 5) is 30.6. The Kier molecular flexibility index (Phi) is 7.28. The molecular formula is C21H32N4O3. The van der Waals surface area contributed by atoms with Crippen LogP contribution in [0.4, 0.5) is 0 Å². The largest absolute Gasteiger partial charge is 0.493 e. The van der Waals surface area contributed by atoms with Crippen LogP contribution >= 0.6 is 0 Å². The van der Waals surface area contributed by atoms with Crippen molar-refractivity contribution in [2.75, 3.05) is 59.0 Å². The molecule has 28 heavy (non-hydrogen) atoms. The lowest BCUT2D eigenvalue weighted by Gasteiger charge is -2.35. The minimum Gasteiger partial charge on any atom is -0.493 e. The van der Waals surface area contributed by atoms with Crippen LogP contribution in [-0.4, -0.2) is 85.5 Å². The van der Waals surface area contributed by atoms with Gasteiger partial charge in [0.05, 0.1) is 19.7 Å². The summed E-state index contributed by atoms with van der Waals surface area (Å²) in [6.45, 7) is 10.8. The zero-order valence-electron chi connectivity index (χ0n) is 17.1. The van der Waals surface area contributed by atoms with Crippen molar-refractivity contribution < 1.29 is 14.3 Å². The second kappa shape index (κ2) is 9.89. The zero-order chi connectivity index (χ0) is 19.9. The van der Waals surface area contributed by atoms with Gasteiger partial charge in [-0.15, -0.1) is 0 Å². The Hall–Kier alpha value is -2.12. The Morgan fingerprint density at radius 2 is 1.89 bits per heavy atom. The molecule has 7 heteroatoms. The number of nitrogens with one attached hydrogen (secondary N) is 1. The van der Waals surface area contributed by atoms with Gasteiger partial charge in [0.15, 0.2) is 0 Å². The van der Waals surface area contributed by atoms with Crippen LogP contribution in [0.3, 0.4) is 0 Å². The number of hydrogen-bond acceptors (Lipinski definition) is 5. The fourth-order valence-electron chi connectivity index (χ4n) is 3.80. The van der Waals surface area contributed by atoms with E-state index in [9.17, 15) is 9.59 Å². The molecule has 7 nitrogen and oxygen atoms in total. The number of benzene rings is 1. The van der Waals surface area contributed by atoms with Crippen molar-refractivity contribution in [2.45, 2.75) is 26.8 Å². The molecular weight excluding hydrogens is 356 g/mol. The van der Waals surface area contributed by atoms with Gasteiger partial charge in [0.2, 0.25) is 11.8 Å². The highest BCUT2D eigenvalue weighted by atomic mass is 16.5. The molecule has 2 aliphatic rings. The Labute approximate surface area is 167 Å². The lowest BCUT2D eigenvalue weighted by molar-refractivity contribution is -0.137. The lowest BCUT2D eigenvalue weighted by atomic mass is 10.1. The normalized spacial score (nSPS) is 17.1. The van der Waals surface area contributed by atoms with E-state index in [1.54, 1.807) is 4.90 Å². The standard InChI is InChI=1S/C21H32N4O3/c1-3-22-20(26)15-25(4-2)21(27)16-24-10-8-23(9-11-24)14-17-5-6-19-18(13-17)7-12-28-19/h5-6,13H,3-4,7-12,14-16H2,1-2H3,(H,22,26). The molecule has 0 aromatic heterocycles. The fraction of sp³-hybridized carbons (Fsp3) is 0.619. The SMILES string of the molecule is CCNC(=O)CN(CC)C(=O)CN1CCN(Cc2ccc3c(c2)CCO3)CC1. The van der Waals surface area contributed by atoms with Crippen LogP contribution in [0.2, 0.25) is 0 Å². The van der Waals surface area contributed by atoms with E-state index in [1.165, 1.54) is 11.1 Å². The van der Waals surface area contributed by atoms with Gasteiger partial charge in [0, 0.05) is 52.2 Å². The molecule has 3 rings (SSSR count). The Bertz CT molecular complexity index is 686. The van der Waals surface area contributed by atoms with Crippen molar-refractivity contribution in [2.24, 2.45) is 0 Å². The van der Waals surface area contributed by atoms with Gasteiger partial charge < -0.3 is 15.0 Å². The summed E-state index contributed by atoms with van der Waals surface area (Å²) >= 11 is 0. The third kappa shape index (κ3) is 5.45. The number of hydrogen-bond donors (Lipinski definition) is 1. The van der Waals surface area contributed by atoms with Crippen LogP contribution in [0.15, 0.2) is 18.2 Å². The maximum atomic E-state index is 12.5. The third-order valence-electron chi connectivity index (χ3n) is 5.43. The number of rotatable bonds is 8. The highest BCUT2D eigenvalue weighted by Crippen LogP contribution is 2.26. The van der Waals surface area contributed by atoms with Gasteiger partial charge in [-0.1, -0.05) is 12.1 Å². The van der Waals surface area contributed by atoms with E-state index in [4.69, 9.17) is 4.74 Å². The molecule has 0 bridgehead atoms. The highest BCUT2D eigenvalue weighted by molar-refractivity contribution is 5.85. The second-order valence-electron chi connectivity index (χ2n) is 7.45. The van der Waals surface area contributed by atoms with Crippen molar-refractivity contribution in [1.82, 2.24) is 20.0 Å². The summed E-state index contributed by atoms with van der Waals surface area (Å²) in [5, 5.41) is 2.75. The van der Waals surface area contributed by atoms with Crippen LogP contribution in [-0.2, 0) is 22.6 Å². The van der Waals surface area contributed by atoms with Crippen molar-refractivity contribution in [1.29, 1.82) is 0 Å². The predicted octanol–water partition coefficient (Wildman–Crippen LogP) is 0.724. The van der Waals surface area contributed by atoms with Crippen LogP contribution in [0.5, 0.6) is 5.75 Å².